The third-order valence-corrected chi connectivity index (χ3v) is 12.9. The molecule has 0 aliphatic carbocycles. The Morgan fingerprint density at radius 2 is 0.954 bits per heavy atom. The Hall–Kier alpha value is -6.18. The Labute approximate surface area is 383 Å². The molecule has 0 spiro atoms. The molecule has 2 fully saturated rings. The lowest BCUT2D eigenvalue weighted by atomic mass is 9.88. The molecule has 6 heterocycles. The highest BCUT2D eigenvalue weighted by molar-refractivity contribution is 5.93. The van der Waals surface area contributed by atoms with E-state index in [4.69, 9.17) is 20.8 Å². The van der Waals surface area contributed by atoms with E-state index in [-0.39, 0.29) is 30.9 Å². The number of carbonyl (C=O) groups is 2. The second kappa shape index (κ2) is 22.6. The summed E-state index contributed by atoms with van der Waals surface area (Å²) in [6, 6.07) is 27.5. The molecule has 2 aliphatic rings. The molecule has 2 aliphatic heterocycles. The zero-order valence-corrected chi connectivity index (χ0v) is 38.5. The van der Waals surface area contributed by atoms with Crippen molar-refractivity contribution in [1.82, 2.24) is 29.7 Å². The molecule has 2 saturated heterocycles. The number of piperidine rings is 2. The van der Waals surface area contributed by atoms with Gasteiger partial charge in [0.1, 0.15) is 0 Å². The molecule has 0 radical (unpaired) electrons. The molecule has 340 valence electrons. The molecule has 6 aromatic rings. The summed E-state index contributed by atoms with van der Waals surface area (Å²) in [6.45, 7) is 10.7. The molecule has 0 bridgehead atoms. The number of aromatic carboxylic acids is 1. The molecular weight excluding hydrogens is 815 g/mol. The molecule has 0 saturated carbocycles. The van der Waals surface area contributed by atoms with Crippen molar-refractivity contribution < 1.29 is 24.9 Å². The number of hydrogen-bond donors (Lipinski definition) is 4. The summed E-state index contributed by atoms with van der Waals surface area (Å²) in [6.07, 6.45) is 14.1. The Bertz CT molecular complexity index is 2460. The standard InChI is InChI=1S/C26H29N3O3.C18H23N3.C9H11NO2/c1-17-6-4-12-27-24(17)22-8-3-9-23(25-18(2)7-5-13-28-25)29(22)15-20-11-10-19(26(31)32)14-21(20)16-30;1-13-7-5-11-19-17(13)15-9-4-10-16(21(15)3)18-14(2)8-6-12-20-18;1-6-2-3-7(9(10)12)4-8(6)5-11/h4-7,10-14,22-23,30H,3,8-9,15-16H2,1-2H3,(H,31,32);5-8,11-12,15-16H,4,9-10H2,1-3H3;2-4,11H,5H2,1H3,(H2,10,12). The number of nitrogens with zero attached hydrogens (tertiary/aromatic N) is 6. The second-order valence-corrected chi connectivity index (χ2v) is 17.2. The highest BCUT2D eigenvalue weighted by atomic mass is 16.4. The Morgan fingerprint density at radius 3 is 1.35 bits per heavy atom. The van der Waals surface area contributed by atoms with Crippen molar-refractivity contribution in [2.24, 2.45) is 5.73 Å². The lowest BCUT2D eigenvalue weighted by Gasteiger charge is -2.43. The molecule has 4 aromatic heterocycles. The summed E-state index contributed by atoms with van der Waals surface area (Å²) in [5.74, 6) is -1.46. The number of pyridine rings is 4. The number of hydrogen-bond acceptors (Lipinski definition) is 10. The zero-order valence-electron chi connectivity index (χ0n) is 38.5. The van der Waals surface area contributed by atoms with E-state index in [9.17, 15) is 19.8 Å². The minimum Gasteiger partial charge on any atom is -0.478 e. The summed E-state index contributed by atoms with van der Waals surface area (Å²) in [5.41, 5.74) is 18.4. The Balaban J connectivity index is 0.000000181. The van der Waals surface area contributed by atoms with Crippen LogP contribution in [-0.4, -0.2) is 64.0 Å². The van der Waals surface area contributed by atoms with E-state index < -0.39 is 11.9 Å². The average molecular weight is 878 g/mol. The van der Waals surface area contributed by atoms with Crippen LogP contribution in [-0.2, 0) is 19.8 Å². The third-order valence-electron chi connectivity index (χ3n) is 12.9. The van der Waals surface area contributed by atoms with Crippen LogP contribution in [0.2, 0.25) is 0 Å². The van der Waals surface area contributed by atoms with E-state index in [1.807, 2.05) is 62.0 Å². The normalized spacial score (nSPS) is 18.7. The molecular formula is C53H63N7O5. The summed E-state index contributed by atoms with van der Waals surface area (Å²) in [5, 5.41) is 28.2. The van der Waals surface area contributed by atoms with Gasteiger partial charge in [0.15, 0.2) is 0 Å². The van der Waals surface area contributed by atoms with Crippen LogP contribution in [0.25, 0.3) is 0 Å². The van der Waals surface area contributed by atoms with Crippen LogP contribution in [0.4, 0.5) is 0 Å². The highest BCUT2D eigenvalue weighted by Gasteiger charge is 2.36. The third kappa shape index (κ3) is 11.8. The molecule has 4 atom stereocenters. The predicted octanol–water partition coefficient (Wildman–Crippen LogP) is 9.33. The lowest BCUT2D eigenvalue weighted by molar-refractivity contribution is 0.0669. The largest absolute Gasteiger partial charge is 0.478 e. The van der Waals surface area contributed by atoms with Crippen molar-refractivity contribution >= 4 is 11.9 Å². The fraction of sp³-hybridized carbons (Fsp3) is 0.358. The van der Waals surface area contributed by atoms with Gasteiger partial charge < -0.3 is 21.1 Å². The molecule has 12 heteroatoms. The van der Waals surface area contributed by atoms with Crippen molar-refractivity contribution in [3.63, 3.8) is 0 Å². The van der Waals surface area contributed by atoms with Gasteiger partial charge in [0.25, 0.3) is 0 Å². The first-order chi connectivity index (χ1) is 31.3. The number of primary amides is 1. The molecule has 1 amide bonds. The first kappa shape index (κ1) is 48.3. The van der Waals surface area contributed by atoms with Crippen LogP contribution in [0.1, 0.15) is 151 Å². The van der Waals surface area contributed by atoms with Gasteiger partial charge in [-0.2, -0.15) is 0 Å². The number of aliphatic hydroxyl groups is 2. The molecule has 12 nitrogen and oxygen atoms in total. The van der Waals surface area contributed by atoms with Crippen LogP contribution in [0, 0.1) is 34.6 Å². The van der Waals surface area contributed by atoms with E-state index in [1.165, 1.54) is 41.8 Å². The van der Waals surface area contributed by atoms with Gasteiger partial charge >= 0.3 is 5.97 Å². The minimum absolute atomic E-state index is 0.0625. The second-order valence-electron chi connectivity index (χ2n) is 17.2. The topological polar surface area (TPSA) is 179 Å². The van der Waals surface area contributed by atoms with Crippen LogP contribution in [0.5, 0.6) is 0 Å². The average Bonchev–Trinajstić information content (AvgIpc) is 3.31. The number of benzene rings is 2. The van der Waals surface area contributed by atoms with Gasteiger partial charge in [-0.05, 0) is 173 Å². The first-order valence-corrected chi connectivity index (χ1v) is 22.4. The monoisotopic (exact) mass is 877 g/mol. The number of aromatic nitrogens is 4. The summed E-state index contributed by atoms with van der Waals surface area (Å²) >= 11 is 0. The molecule has 8 rings (SSSR count). The maximum atomic E-state index is 11.4. The number of aryl methyl sites for hydroxylation is 5. The van der Waals surface area contributed by atoms with Crippen LogP contribution in [0.3, 0.4) is 0 Å². The fourth-order valence-electron chi connectivity index (χ4n) is 9.29. The van der Waals surface area contributed by atoms with Gasteiger partial charge in [0.05, 0.1) is 65.7 Å². The smallest absolute Gasteiger partial charge is 0.335 e. The van der Waals surface area contributed by atoms with E-state index in [0.29, 0.717) is 29.8 Å². The molecule has 4 unspecified atom stereocenters. The van der Waals surface area contributed by atoms with Gasteiger partial charge in [-0.25, -0.2) is 4.79 Å². The predicted molar refractivity (Wildman–Crippen MR) is 253 cm³/mol. The van der Waals surface area contributed by atoms with E-state index in [0.717, 1.165) is 58.5 Å². The van der Waals surface area contributed by atoms with Gasteiger partial charge in [0.2, 0.25) is 5.91 Å². The summed E-state index contributed by atoms with van der Waals surface area (Å²) < 4.78 is 0. The number of aliphatic hydroxyl groups excluding tert-OH is 2. The maximum Gasteiger partial charge on any atom is 0.335 e. The SMILES string of the molecule is Cc1ccc(C(N)=O)cc1CO.Cc1cccnc1C1CCCC(c2ncccc2C)N1C.Cc1cccnc1C1CCCC(c2ncccc2C)N1Cc1ccc(C(=O)O)cc1CO. The number of carboxylic acid groups (broad SMARTS) is 1. The number of nitrogens with two attached hydrogens (primary N) is 1. The van der Waals surface area contributed by atoms with Crippen LogP contribution in [0.15, 0.2) is 110 Å². The zero-order chi connectivity index (χ0) is 46.6. The van der Waals surface area contributed by atoms with Gasteiger partial charge in [0, 0.05) is 36.9 Å². The fourth-order valence-corrected chi connectivity index (χ4v) is 9.29. The minimum atomic E-state index is -0.992. The van der Waals surface area contributed by atoms with Crippen LogP contribution < -0.4 is 5.73 Å². The van der Waals surface area contributed by atoms with Crippen LogP contribution >= 0.6 is 0 Å². The van der Waals surface area contributed by atoms with Gasteiger partial charge in [-0.15, -0.1) is 0 Å². The Morgan fingerprint density at radius 1 is 0.554 bits per heavy atom. The number of amides is 1. The van der Waals surface area contributed by atoms with E-state index in [1.54, 1.807) is 30.3 Å². The lowest BCUT2D eigenvalue weighted by Crippen LogP contribution is -2.37. The van der Waals surface area contributed by atoms with E-state index >= 15 is 0 Å². The molecule has 65 heavy (non-hydrogen) atoms. The highest BCUT2D eigenvalue weighted by Crippen LogP contribution is 2.44. The number of carbonyl (C=O) groups excluding carboxylic acids is 1. The maximum absolute atomic E-state index is 11.4. The number of likely N-dealkylation sites (tertiary alicyclic amines) is 2. The van der Waals surface area contributed by atoms with Crippen molar-refractivity contribution in [1.29, 1.82) is 0 Å². The Kier molecular flexibility index (Phi) is 16.8. The van der Waals surface area contributed by atoms with Gasteiger partial charge in [-0.3, -0.25) is 34.5 Å². The van der Waals surface area contributed by atoms with Crippen molar-refractivity contribution in [3.05, 3.63) is 188 Å². The van der Waals surface area contributed by atoms with Gasteiger partial charge in [-0.1, -0.05) is 36.4 Å². The number of carboxylic acids is 1. The van der Waals surface area contributed by atoms with Crippen molar-refractivity contribution in [2.45, 2.75) is 117 Å². The molecule has 2 aromatic carbocycles. The van der Waals surface area contributed by atoms with Crippen molar-refractivity contribution in [3.8, 4) is 0 Å². The first-order valence-electron chi connectivity index (χ1n) is 22.4. The van der Waals surface area contributed by atoms with Crippen molar-refractivity contribution in [2.75, 3.05) is 7.05 Å². The summed E-state index contributed by atoms with van der Waals surface area (Å²) in [7, 11) is 2.22. The quantitative estimate of drug-likeness (QED) is 0.103. The number of rotatable bonds is 10. The molecule has 5 N–H and O–H groups in total. The summed E-state index contributed by atoms with van der Waals surface area (Å²) in [4.78, 5) is 45.8. The van der Waals surface area contributed by atoms with E-state index in [2.05, 4.69) is 78.8 Å².